The van der Waals surface area contributed by atoms with Gasteiger partial charge in [-0.15, -0.1) is 0 Å². The van der Waals surface area contributed by atoms with Gasteiger partial charge in [-0.1, -0.05) is 45.4 Å². The summed E-state index contributed by atoms with van der Waals surface area (Å²) in [7, 11) is 0. The van der Waals surface area contributed by atoms with Gasteiger partial charge in [0.15, 0.2) is 18.7 Å². The number of aromatic hydroxyl groups is 1. The molecule has 0 aliphatic carbocycles. The average Bonchev–Trinajstić information content (AvgIpc) is 2.70. The van der Waals surface area contributed by atoms with E-state index >= 15 is 0 Å². The number of rotatable bonds is 12. The van der Waals surface area contributed by atoms with Crippen molar-refractivity contribution in [2.45, 2.75) is 64.8 Å². The Morgan fingerprint density at radius 1 is 0.893 bits per heavy atom. The molecule has 2 rings (SSSR count). The van der Waals surface area contributed by atoms with Crippen LogP contribution < -0.4 is 21.5 Å². The molecule has 5 nitrogen and oxygen atoms in total. The van der Waals surface area contributed by atoms with Crippen LogP contribution in [0, 0.1) is 0 Å². The second-order valence-corrected chi connectivity index (χ2v) is 6.83. The number of pyridine rings is 1. The van der Waals surface area contributed by atoms with E-state index < -0.39 is 0 Å². The number of aromatic nitrogens is 1. The van der Waals surface area contributed by atoms with Crippen molar-refractivity contribution in [1.82, 2.24) is 0 Å². The topological polar surface area (TPSA) is 65.9 Å². The number of azo groups is 1. The Bertz CT molecular complexity index is 733. The van der Waals surface area contributed by atoms with Crippen LogP contribution in [0.3, 0.4) is 0 Å². The average molecular weight is 448 g/mol. The monoisotopic (exact) mass is 447 g/mol. The summed E-state index contributed by atoms with van der Waals surface area (Å²) < 4.78 is 2.17. The van der Waals surface area contributed by atoms with Gasteiger partial charge >= 0.3 is 0 Å². The quantitative estimate of drug-likeness (QED) is 0.235. The number of unbranched alkanes of at least 4 members (excludes halogenated alkanes) is 7. The maximum atomic E-state index is 10.8. The Kier molecular flexibility index (Phi) is 12.0. The number of phenols is 1. The third-order valence-corrected chi connectivity index (χ3v) is 4.56. The van der Waals surface area contributed by atoms with E-state index in [9.17, 15) is 9.90 Å². The van der Waals surface area contributed by atoms with Gasteiger partial charge in [0.25, 0.3) is 0 Å². The number of benzene rings is 1. The summed E-state index contributed by atoms with van der Waals surface area (Å²) in [5.41, 5.74) is 1.50. The van der Waals surface area contributed by atoms with Crippen LogP contribution in [0.2, 0.25) is 0 Å². The predicted molar refractivity (Wildman–Crippen MR) is 107 cm³/mol. The molecule has 0 aliphatic heterocycles. The fourth-order valence-electron chi connectivity index (χ4n) is 2.91. The molecule has 0 unspecified atom stereocenters. The maximum Gasteiger partial charge on any atom is 0.171 e. The van der Waals surface area contributed by atoms with Gasteiger partial charge in [-0.25, -0.2) is 4.57 Å². The minimum Gasteiger partial charge on any atom is -1.00 e. The molecule has 1 heterocycles. The minimum atomic E-state index is -0.0503. The summed E-state index contributed by atoms with van der Waals surface area (Å²) >= 11 is 0. The second-order valence-electron chi connectivity index (χ2n) is 6.83. The Balaban J connectivity index is 0.00000392. The summed E-state index contributed by atoms with van der Waals surface area (Å²) in [6.45, 7) is 3.27. The van der Waals surface area contributed by atoms with E-state index in [1.807, 2.05) is 24.5 Å². The van der Waals surface area contributed by atoms with E-state index in [4.69, 9.17) is 0 Å². The lowest BCUT2D eigenvalue weighted by molar-refractivity contribution is -0.697. The maximum absolute atomic E-state index is 10.8. The van der Waals surface area contributed by atoms with E-state index in [2.05, 4.69) is 21.7 Å². The van der Waals surface area contributed by atoms with Crippen molar-refractivity contribution in [1.29, 1.82) is 0 Å². The van der Waals surface area contributed by atoms with Crippen molar-refractivity contribution in [3.8, 4) is 5.75 Å². The van der Waals surface area contributed by atoms with E-state index in [1.165, 1.54) is 63.5 Å². The van der Waals surface area contributed by atoms with Gasteiger partial charge in [0.2, 0.25) is 0 Å². The summed E-state index contributed by atoms with van der Waals surface area (Å²) in [6.07, 6.45) is 15.2. The van der Waals surface area contributed by atoms with Gasteiger partial charge in [0.05, 0.1) is 16.9 Å². The van der Waals surface area contributed by atoms with E-state index in [0.29, 0.717) is 12.0 Å². The van der Waals surface area contributed by atoms with Crippen LogP contribution in [0.5, 0.6) is 5.75 Å². The predicted octanol–water partition coefficient (Wildman–Crippen LogP) is 3.05. The standard InChI is InChI=1S/C22H29N3O2.BrH/c1-2-3-4-5-6-7-8-9-14-25-15-12-20(13-16-25)23-24-21-10-11-22(27)19(17-21)18-26;/h10-13,15-18H,2-9,14H2,1H3;1H. The van der Waals surface area contributed by atoms with Crippen LogP contribution in [0.25, 0.3) is 0 Å². The molecule has 0 bridgehead atoms. The van der Waals surface area contributed by atoms with Gasteiger partial charge in [-0.2, -0.15) is 10.2 Å². The molecule has 0 saturated carbocycles. The molecule has 0 spiro atoms. The molecule has 0 aliphatic rings. The van der Waals surface area contributed by atoms with E-state index in [0.717, 1.165) is 12.2 Å². The molecule has 2 aromatic rings. The molecular formula is C22H30BrN3O2. The van der Waals surface area contributed by atoms with Crippen LogP contribution in [0.1, 0.15) is 68.6 Å². The van der Waals surface area contributed by atoms with Crippen LogP contribution in [-0.2, 0) is 6.54 Å². The van der Waals surface area contributed by atoms with Crippen molar-refractivity contribution in [2.75, 3.05) is 0 Å². The molecule has 1 aromatic heterocycles. The van der Waals surface area contributed by atoms with Crippen LogP contribution >= 0.6 is 0 Å². The van der Waals surface area contributed by atoms with Crippen molar-refractivity contribution in [3.05, 3.63) is 48.3 Å². The fraction of sp³-hybridized carbons (Fsp3) is 0.455. The van der Waals surface area contributed by atoms with Gasteiger partial charge in [0.1, 0.15) is 12.3 Å². The molecule has 0 radical (unpaired) electrons. The smallest absolute Gasteiger partial charge is 0.171 e. The minimum absolute atomic E-state index is 0. The normalized spacial score (nSPS) is 10.8. The number of halogens is 1. The zero-order valence-corrected chi connectivity index (χ0v) is 18.1. The van der Waals surface area contributed by atoms with E-state index in [1.54, 1.807) is 6.07 Å². The number of phenolic OH excluding ortho intramolecular Hbond substituents is 1. The zero-order chi connectivity index (χ0) is 19.3. The highest BCUT2D eigenvalue weighted by Crippen LogP contribution is 2.23. The first-order valence-corrected chi connectivity index (χ1v) is 9.92. The number of aryl methyl sites for hydroxylation is 1. The molecule has 1 N–H and O–H groups in total. The summed E-state index contributed by atoms with van der Waals surface area (Å²) in [4.78, 5) is 10.8. The number of hydrogen-bond donors (Lipinski definition) is 1. The van der Waals surface area contributed by atoms with Gasteiger partial charge in [-0.05, 0) is 24.6 Å². The number of carbonyl (C=O) groups excluding carboxylic acids is 1. The Morgan fingerprint density at radius 3 is 2.14 bits per heavy atom. The Morgan fingerprint density at radius 2 is 1.50 bits per heavy atom. The van der Waals surface area contributed by atoms with Crippen LogP contribution in [0.15, 0.2) is 53.0 Å². The van der Waals surface area contributed by atoms with Crippen LogP contribution in [0.4, 0.5) is 11.4 Å². The summed E-state index contributed by atoms with van der Waals surface area (Å²) in [5, 5.41) is 17.8. The molecule has 152 valence electrons. The Hall–Kier alpha value is -2.08. The third kappa shape index (κ3) is 8.74. The molecule has 0 fully saturated rings. The highest BCUT2D eigenvalue weighted by molar-refractivity contribution is 5.80. The molecule has 1 aromatic carbocycles. The molecule has 6 heteroatoms. The first kappa shape index (κ1) is 24.0. The van der Waals surface area contributed by atoms with E-state index in [-0.39, 0.29) is 28.3 Å². The second kappa shape index (κ2) is 14.0. The van der Waals surface area contributed by atoms with Gasteiger partial charge < -0.3 is 22.1 Å². The molecule has 0 amide bonds. The van der Waals surface area contributed by atoms with Crippen LogP contribution in [-0.4, -0.2) is 11.4 Å². The third-order valence-electron chi connectivity index (χ3n) is 4.56. The largest absolute Gasteiger partial charge is 1.00 e. The zero-order valence-electron chi connectivity index (χ0n) is 16.6. The lowest BCUT2D eigenvalue weighted by atomic mass is 10.1. The number of aldehydes is 1. The highest BCUT2D eigenvalue weighted by atomic mass is 79.9. The van der Waals surface area contributed by atoms with Crippen molar-refractivity contribution in [2.24, 2.45) is 10.2 Å². The lowest BCUT2D eigenvalue weighted by Gasteiger charge is -2.00. The SMILES string of the molecule is CCCCCCCCCC[n+]1ccc(N=Nc2ccc(O)c(C=O)c2)cc1.[Br-]. The first-order valence-electron chi connectivity index (χ1n) is 9.92. The summed E-state index contributed by atoms with van der Waals surface area (Å²) in [5.74, 6) is -0.0503. The highest BCUT2D eigenvalue weighted by Gasteiger charge is 2.03. The molecule has 0 saturated heterocycles. The van der Waals surface area contributed by atoms with Gasteiger partial charge in [0, 0.05) is 18.6 Å². The number of hydrogen-bond acceptors (Lipinski definition) is 4. The van der Waals surface area contributed by atoms with Gasteiger partial charge in [-0.3, -0.25) is 4.79 Å². The molecular weight excluding hydrogens is 418 g/mol. The van der Waals surface area contributed by atoms with Crippen molar-refractivity contribution >= 4 is 17.7 Å². The lowest BCUT2D eigenvalue weighted by Crippen LogP contribution is -3.00. The molecule has 28 heavy (non-hydrogen) atoms. The Labute approximate surface area is 178 Å². The fourth-order valence-corrected chi connectivity index (χ4v) is 2.91. The van der Waals surface area contributed by atoms with Crippen molar-refractivity contribution in [3.63, 3.8) is 0 Å². The number of carbonyl (C=O) groups is 1. The number of nitrogens with zero attached hydrogens (tertiary/aromatic N) is 3. The first-order chi connectivity index (χ1) is 13.2. The molecule has 0 atom stereocenters. The summed E-state index contributed by atoms with van der Waals surface area (Å²) in [6, 6.07) is 8.43. The van der Waals surface area contributed by atoms with Crippen molar-refractivity contribution < 1.29 is 31.4 Å².